The first-order valence-electron chi connectivity index (χ1n) is 7.45. The number of carbonyl (C=O) groups excluding carboxylic acids is 1. The number of carbonyl (C=O) groups is 1. The van der Waals surface area contributed by atoms with Crippen molar-refractivity contribution in [3.63, 3.8) is 0 Å². The molecule has 0 fully saturated rings. The summed E-state index contributed by atoms with van der Waals surface area (Å²) in [5, 5.41) is 11.1. The number of thiophene rings is 1. The number of methoxy groups -OCH3 is 2. The molecule has 0 amide bonds. The summed E-state index contributed by atoms with van der Waals surface area (Å²) in [4.78, 5) is 13.5. The van der Waals surface area contributed by atoms with Crippen molar-refractivity contribution in [2.75, 3.05) is 20.0 Å². The van der Waals surface area contributed by atoms with Crippen LogP contribution in [-0.4, -0.2) is 40.5 Å². The summed E-state index contributed by atoms with van der Waals surface area (Å²) in [6.45, 7) is 0. The maximum absolute atomic E-state index is 12.5. The van der Waals surface area contributed by atoms with Crippen molar-refractivity contribution in [2.24, 2.45) is 7.05 Å². The summed E-state index contributed by atoms with van der Waals surface area (Å²) in [6.07, 6.45) is 0. The van der Waals surface area contributed by atoms with Gasteiger partial charge in [0.25, 0.3) is 0 Å². The molecule has 0 unspecified atom stereocenters. The number of ether oxygens (including phenoxy) is 2. The van der Waals surface area contributed by atoms with Crippen LogP contribution in [0.15, 0.2) is 40.9 Å². The number of hydrogen-bond donors (Lipinski definition) is 0. The highest BCUT2D eigenvalue weighted by molar-refractivity contribution is 7.99. The summed E-state index contributed by atoms with van der Waals surface area (Å²) >= 11 is 2.97. The van der Waals surface area contributed by atoms with Crippen molar-refractivity contribution in [1.82, 2.24) is 14.8 Å². The van der Waals surface area contributed by atoms with E-state index >= 15 is 0 Å². The van der Waals surface area contributed by atoms with Gasteiger partial charge in [0, 0.05) is 12.6 Å². The maximum Gasteiger partial charge on any atom is 0.191 e. The highest BCUT2D eigenvalue weighted by atomic mass is 32.2. The van der Waals surface area contributed by atoms with Crippen molar-refractivity contribution < 1.29 is 14.3 Å². The van der Waals surface area contributed by atoms with Gasteiger partial charge in [-0.15, -0.1) is 21.5 Å². The molecule has 3 rings (SSSR count). The molecule has 130 valence electrons. The van der Waals surface area contributed by atoms with E-state index in [0.29, 0.717) is 22.2 Å². The number of aromatic nitrogens is 3. The Morgan fingerprint density at radius 2 is 2.00 bits per heavy atom. The predicted octanol–water partition coefficient (Wildman–Crippen LogP) is 3.54. The number of benzene rings is 1. The molecule has 0 radical (unpaired) electrons. The zero-order chi connectivity index (χ0) is 17.8. The Morgan fingerprint density at radius 1 is 1.20 bits per heavy atom. The van der Waals surface area contributed by atoms with Gasteiger partial charge in [-0.3, -0.25) is 4.79 Å². The number of rotatable bonds is 7. The molecule has 25 heavy (non-hydrogen) atoms. The van der Waals surface area contributed by atoms with Crippen molar-refractivity contribution in [3.8, 4) is 22.2 Å². The van der Waals surface area contributed by atoms with Gasteiger partial charge in [-0.2, -0.15) is 0 Å². The fourth-order valence-corrected chi connectivity index (χ4v) is 3.83. The van der Waals surface area contributed by atoms with Crippen LogP contribution in [0.25, 0.3) is 10.7 Å². The highest BCUT2D eigenvalue weighted by Gasteiger charge is 2.15. The number of thioether (sulfide) groups is 1. The normalized spacial score (nSPS) is 10.7. The van der Waals surface area contributed by atoms with Crippen molar-refractivity contribution in [2.45, 2.75) is 5.16 Å². The molecule has 0 aliphatic rings. The van der Waals surface area contributed by atoms with Gasteiger partial charge in [-0.05, 0) is 29.6 Å². The molecule has 0 N–H and O–H groups in total. The van der Waals surface area contributed by atoms with E-state index in [1.807, 2.05) is 29.1 Å². The first-order valence-corrected chi connectivity index (χ1v) is 9.32. The zero-order valence-corrected chi connectivity index (χ0v) is 15.7. The average molecular weight is 375 g/mol. The monoisotopic (exact) mass is 375 g/mol. The van der Waals surface area contributed by atoms with E-state index in [1.165, 1.54) is 11.8 Å². The smallest absolute Gasteiger partial charge is 0.191 e. The van der Waals surface area contributed by atoms with E-state index in [0.717, 1.165) is 10.7 Å². The number of Topliss-reactive ketones (excluding diaryl/α,β-unsaturated/α-hetero) is 1. The molecule has 0 aliphatic carbocycles. The Labute approximate surface area is 153 Å². The quantitative estimate of drug-likeness (QED) is 0.465. The van der Waals surface area contributed by atoms with E-state index in [4.69, 9.17) is 9.47 Å². The first-order chi connectivity index (χ1) is 12.1. The second kappa shape index (κ2) is 7.71. The van der Waals surface area contributed by atoms with E-state index in [1.54, 1.807) is 43.8 Å². The lowest BCUT2D eigenvalue weighted by Crippen LogP contribution is -2.04. The van der Waals surface area contributed by atoms with E-state index in [9.17, 15) is 4.79 Å². The molecule has 0 spiro atoms. The lowest BCUT2D eigenvalue weighted by Gasteiger charge is -2.09. The molecule has 0 bridgehead atoms. The molecular formula is C17H17N3O3S2. The van der Waals surface area contributed by atoms with Crippen LogP contribution < -0.4 is 9.47 Å². The zero-order valence-electron chi connectivity index (χ0n) is 14.1. The summed E-state index contributed by atoms with van der Waals surface area (Å²) < 4.78 is 12.3. The van der Waals surface area contributed by atoms with Crippen LogP contribution in [0.3, 0.4) is 0 Å². The molecule has 0 saturated heterocycles. The molecule has 0 saturated carbocycles. The molecule has 8 heteroatoms. The summed E-state index contributed by atoms with van der Waals surface area (Å²) in [7, 11) is 5.01. The standard InChI is InChI=1S/C17H17N3O3S2/c1-20-16(15-5-4-8-24-15)18-19-17(20)25-10-12(21)11-6-7-13(22-2)14(9-11)23-3/h4-9H,10H2,1-3H3. The largest absolute Gasteiger partial charge is 0.493 e. The molecule has 1 aromatic carbocycles. The van der Waals surface area contributed by atoms with E-state index in [2.05, 4.69) is 10.2 Å². The molecular weight excluding hydrogens is 358 g/mol. The minimum atomic E-state index is -0.00775. The SMILES string of the molecule is COc1ccc(C(=O)CSc2nnc(-c3cccs3)n2C)cc1OC. The Kier molecular flexibility index (Phi) is 5.40. The third kappa shape index (κ3) is 3.69. The molecule has 2 aromatic heterocycles. The number of hydrogen-bond acceptors (Lipinski definition) is 7. The highest BCUT2D eigenvalue weighted by Crippen LogP contribution is 2.29. The minimum Gasteiger partial charge on any atom is -0.493 e. The lowest BCUT2D eigenvalue weighted by molar-refractivity contribution is 0.102. The Hall–Kier alpha value is -2.32. The maximum atomic E-state index is 12.5. The molecule has 0 atom stereocenters. The van der Waals surface area contributed by atoms with Crippen molar-refractivity contribution in [1.29, 1.82) is 0 Å². The fraction of sp³-hybridized carbons (Fsp3) is 0.235. The van der Waals surface area contributed by atoms with Crippen LogP contribution in [0.4, 0.5) is 0 Å². The van der Waals surface area contributed by atoms with Gasteiger partial charge in [0.2, 0.25) is 0 Å². The van der Waals surface area contributed by atoms with Gasteiger partial charge >= 0.3 is 0 Å². The third-order valence-corrected chi connectivity index (χ3v) is 5.50. The molecule has 2 heterocycles. The van der Waals surface area contributed by atoms with Crippen LogP contribution in [0.2, 0.25) is 0 Å². The molecule has 6 nitrogen and oxygen atoms in total. The number of ketones is 1. The lowest BCUT2D eigenvalue weighted by atomic mass is 10.1. The van der Waals surface area contributed by atoms with Crippen molar-refractivity contribution in [3.05, 3.63) is 41.3 Å². The Balaban J connectivity index is 1.71. The second-order valence-electron chi connectivity index (χ2n) is 5.12. The fourth-order valence-electron chi connectivity index (χ4n) is 2.28. The Morgan fingerprint density at radius 3 is 2.68 bits per heavy atom. The van der Waals surface area contributed by atoms with Crippen LogP contribution >= 0.6 is 23.1 Å². The summed E-state index contributed by atoms with van der Waals surface area (Å²) in [5.74, 6) is 2.20. The van der Waals surface area contributed by atoms with Gasteiger partial charge in [-0.25, -0.2) is 0 Å². The van der Waals surface area contributed by atoms with Crippen LogP contribution in [0, 0.1) is 0 Å². The summed E-state index contributed by atoms with van der Waals surface area (Å²) in [5.41, 5.74) is 0.575. The third-order valence-electron chi connectivity index (χ3n) is 3.61. The van der Waals surface area contributed by atoms with E-state index < -0.39 is 0 Å². The van der Waals surface area contributed by atoms with Gasteiger partial charge in [-0.1, -0.05) is 17.8 Å². The van der Waals surface area contributed by atoms with Gasteiger partial charge in [0.05, 0.1) is 24.8 Å². The number of nitrogens with zero attached hydrogens (tertiary/aromatic N) is 3. The second-order valence-corrected chi connectivity index (χ2v) is 7.01. The molecule has 3 aromatic rings. The van der Waals surface area contributed by atoms with Crippen LogP contribution in [0.5, 0.6) is 11.5 Å². The van der Waals surface area contributed by atoms with Crippen LogP contribution in [0.1, 0.15) is 10.4 Å². The average Bonchev–Trinajstić information content (AvgIpc) is 3.28. The summed E-state index contributed by atoms with van der Waals surface area (Å²) in [6, 6.07) is 9.13. The van der Waals surface area contributed by atoms with E-state index in [-0.39, 0.29) is 11.5 Å². The Bertz CT molecular complexity index is 875. The van der Waals surface area contributed by atoms with Gasteiger partial charge in [0.15, 0.2) is 28.3 Å². The van der Waals surface area contributed by atoms with Gasteiger partial charge < -0.3 is 14.0 Å². The minimum absolute atomic E-state index is 0.00775. The van der Waals surface area contributed by atoms with Gasteiger partial charge in [0.1, 0.15) is 0 Å². The molecule has 0 aliphatic heterocycles. The van der Waals surface area contributed by atoms with Crippen LogP contribution in [-0.2, 0) is 7.05 Å². The predicted molar refractivity (Wildman–Crippen MR) is 98.9 cm³/mol. The topological polar surface area (TPSA) is 66.2 Å². The first kappa shape index (κ1) is 17.5. The van der Waals surface area contributed by atoms with Crippen molar-refractivity contribution >= 4 is 28.9 Å².